The molecule has 0 atom stereocenters. The molecule has 0 amide bonds. The van der Waals surface area contributed by atoms with Gasteiger partial charge < -0.3 is 9.73 Å². The lowest BCUT2D eigenvalue weighted by atomic mass is 10.2. The molecule has 15 heavy (non-hydrogen) atoms. The number of hydrogen-bond donors (Lipinski definition) is 1. The van der Waals surface area contributed by atoms with Crippen molar-refractivity contribution in [2.45, 2.75) is 32.0 Å². The fourth-order valence-electron chi connectivity index (χ4n) is 1.20. The number of rotatable bonds is 6. The second-order valence-electron chi connectivity index (χ2n) is 3.38. The molecule has 1 heterocycles. The van der Waals surface area contributed by atoms with Gasteiger partial charge >= 0.3 is 6.18 Å². The third-order valence-electron chi connectivity index (χ3n) is 1.97. The molecule has 0 aliphatic rings. The minimum atomic E-state index is -4.02. The van der Waals surface area contributed by atoms with Crippen LogP contribution in [0.2, 0.25) is 0 Å². The third-order valence-corrected chi connectivity index (χ3v) is 1.97. The van der Waals surface area contributed by atoms with Crippen LogP contribution in [0.15, 0.2) is 23.0 Å². The Balaban J connectivity index is 1.94. The molecule has 86 valence electrons. The Kier molecular flexibility index (Phi) is 4.68. The van der Waals surface area contributed by atoms with Crippen LogP contribution in [0.25, 0.3) is 0 Å². The number of furan rings is 1. The van der Waals surface area contributed by atoms with Gasteiger partial charge in [-0.2, -0.15) is 13.2 Å². The number of hydrogen-bond acceptors (Lipinski definition) is 2. The minimum absolute atomic E-state index is 0.182. The molecule has 0 aliphatic heterocycles. The zero-order valence-corrected chi connectivity index (χ0v) is 8.31. The van der Waals surface area contributed by atoms with Gasteiger partial charge in [0.05, 0.1) is 12.5 Å². The van der Waals surface area contributed by atoms with Gasteiger partial charge in [0.1, 0.15) is 0 Å². The zero-order valence-electron chi connectivity index (χ0n) is 8.31. The van der Waals surface area contributed by atoms with E-state index in [9.17, 15) is 13.2 Å². The van der Waals surface area contributed by atoms with E-state index in [0.29, 0.717) is 19.5 Å². The van der Waals surface area contributed by atoms with Crippen LogP contribution in [0, 0.1) is 0 Å². The molecule has 0 spiro atoms. The summed E-state index contributed by atoms with van der Waals surface area (Å²) < 4.78 is 40.1. The van der Waals surface area contributed by atoms with Crippen molar-refractivity contribution < 1.29 is 17.6 Å². The Bertz CT molecular complexity index is 256. The summed E-state index contributed by atoms with van der Waals surface area (Å²) in [5.41, 5.74) is 1.01. The van der Waals surface area contributed by atoms with Crippen molar-refractivity contribution in [1.29, 1.82) is 0 Å². The van der Waals surface area contributed by atoms with Crippen LogP contribution < -0.4 is 5.32 Å². The quantitative estimate of drug-likeness (QED) is 0.747. The van der Waals surface area contributed by atoms with Crippen LogP contribution in [0.5, 0.6) is 0 Å². The largest absolute Gasteiger partial charge is 0.472 e. The topological polar surface area (TPSA) is 25.2 Å². The molecule has 1 N–H and O–H groups in total. The first-order valence-electron chi connectivity index (χ1n) is 4.86. The summed E-state index contributed by atoms with van der Waals surface area (Å²) in [5.74, 6) is 0. The van der Waals surface area contributed by atoms with Gasteiger partial charge in [0, 0.05) is 18.5 Å². The van der Waals surface area contributed by atoms with Gasteiger partial charge in [-0.05, 0) is 25.5 Å². The lowest BCUT2D eigenvalue weighted by molar-refractivity contribution is -0.135. The summed E-state index contributed by atoms with van der Waals surface area (Å²) >= 11 is 0. The first kappa shape index (κ1) is 12.1. The molecule has 0 aliphatic carbocycles. The van der Waals surface area contributed by atoms with Crippen LogP contribution >= 0.6 is 0 Å². The summed E-state index contributed by atoms with van der Waals surface area (Å²) in [6, 6.07) is 1.82. The summed E-state index contributed by atoms with van der Waals surface area (Å²) in [5, 5.41) is 3.05. The van der Waals surface area contributed by atoms with Crippen LogP contribution in [0.3, 0.4) is 0 Å². The molecule has 0 fully saturated rings. The Morgan fingerprint density at radius 3 is 2.67 bits per heavy atom. The van der Waals surface area contributed by atoms with Crippen LogP contribution in [-0.4, -0.2) is 12.7 Å². The number of nitrogens with one attached hydrogen (secondary N) is 1. The Labute approximate surface area is 86.5 Å². The first-order valence-corrected chi connectivity index (χ1v) is 4.86. The Morgan fingerprint density at radius 1 is 1.27 bits per heavy atom. The monoisotopic (exact) mass is 221 g/mol. The number of halogens is 3. The van der Waals surface area contributed by atoms with E-state index in [-0.39, 0.29) is 6.42 Å². The number of unbranched alkanes of at least 4 members (excludes halogenated alkanes) is 1. The maximum absolute atomic E-state index is 11.8. The molecule has 5 heteroatoms. The first-order chi connectivity index (χ1) is 7.08. The second kappa shape index (κ2) is 5.80. The van der Waals surface area contributed by atoms with Gasteiger partial charge in [-0.1, -0.05) is 0 Å². The summed E-state index contributed by atoms with van der Waals surface area (Å²) in [6.45, 7) is 1.24. The van der Waals surface area contributed by atoms with Crippen molar-refractivity contribution >= 4 is 0 Å². The highest BCUT2D eigenvalue weighted by molar-refractivity contribution is 5.04. The predicted molar refractivity (Wildman–Crippen MR) is 50.3 cm³/mol. The van der Waals surface area contributed by atoms with Gasteiger partial charge in [0.25, 0.3) is 0 Å². The van der Waals surface area contributed by atoms with Gasteiger partial charge in [-0.3, -0.25) is 0 Å². The molecule has 0 saturated carbocycles. The van der Waals surface area contributed by atoms with Gasteiger partial charge in [-0.15, -0.1) is 0 Å². The van der Waals surface area contributed by atoms with E-state index < -0.39 is 12.6 Å². The fourth-order valence-corrected chi connectivity index (χ4v) is 1.20. The van der Waals surface area contributed by atoms with Crippen molar-refractivity contribution in [2.24, 2.45) is 0 Å². The molecule has 0 aromatic carbocycles. The van der Waals surface area contributed by atoms with Gasteiger partial charge in [-0.25, -0.2) is 0 Å². The van der Waals surface area contributed by atoms with Crippen molar-refractivity contribution in [3.05, 3.63) is 24.2 Å². The summed E-state index contributed by atoms with van der Waals surface area (Å²) in [6.07, 6.45) is -0.812. The molecule has 1 aromatic rings. The van der Waals surface area contributed by atoms with E-state index >= 15 is 0 Å². The van der Waals surface area contributed by atoms with Gasteiger partial charge in [0.15, 0.2) is 0 Å². The minimum Gasteiger partial charge on any atom is -0.472 e. The van der Waals surface area contributed by atoms with E-state index in [0.717, 1.165) is 5.56 Å². The molecule has 0 unspecified atom stereocenters. The zero-order chi connectivity index (χ0) is 11.1. The lowest BCUT2D eigenvalue weighted by Gasteiger charge is -2.06. The van der Waals surface area contributed by atoms with E-state index in [1.807, 2.05) is 6.07 Å². The maximum atomic E-state index is 11.8. The van der Waals surface area contributed by atoms with Crippen molar-refractivity contribution in [1.82, 2.24) is 5.32 Å². The van der Waals surface area contributed by atoms with Crippen LogP contribution in [-0.2, 0) is 6.54 Å². The third kappa shape index (κ3) is 6.17. The average Bonchev–Trinajstić information content (AvgIpc) is 2.61. The molecule has 0 bridgehead atoms. The highest BCUT2D eigenvalue weighted by Gasteiger charge is 2.25. The average molecular weight is 221 g/mol. The summed E-state index contributed by atoms with van der Waals surface area (Å²) in [4.78, 5) is 0. The van der Waals surface area contributed by atoms with Crippen molar-refractivity contribution in [2.75, 3.05) is 6.54 Å². The Hall–Kier alpha value is -0.970. The van der Waals surface area contributed by atoms with E-state index in [2.05, 4.69) is 5.32 Å². The summed E-state index contributed by atoms with van der Waals surface area (Å²) in [7, 11) is 0. The van der Waals surface area contributed by atoms with E-state index in [1.54, 1.807) is 12.5 Å². The Morgan fingerprint density at radius 2 is 2.07 bits per heavy atom. The van der Waals surface area contributed by atoms with Crippen LogP contribution in [0.4, 0.5) is 13.2 Å². The molecule has 0 saturated heterocycles. The van der Waals surface area contributed by atoms with E-state index in [4.69, 9.17) is 4.42 Å². The normalized spacial score (nSPS) is 11.9. The smallest absolute Gasteiger partial charge is 0.389 e. The molecule has 0 radical (unpaired) electrons. The second-order valence-corrected chi connectivity index (χ2v) is 3.38. The highest BCUT2D eigenvalue weighted by atomic mass is 19.4. The predicted octanol–water partition coefficient (Wildman–Crippen LogP) is 3.10. The van der Waals surface area contributed by atoms with E-state index in [1.165, 1.54) is 0 Å². The standard InChI is InChI=1S/C10H14F3NO/c11-10(12,13)4-1-2-5-14-7-9-3-6-15-8-9/h3,6,8,14H,1-2,4-5,7H2. The molecule has 1 aromatic heterocycles. The molecule has 1 rings (SSSR count). The van der Waals surface area contributed by atoms with Gasteiger partial charge in [0.2, 0.25) is 0 Å². The number of alkyl halides is 3. The molecule has 2 nitrogen and oxygen atoms in total. The lowest BCUT2D eigenvalue weighted by Crippen LogP contribution is -2.15. The maximum Gasteiger partial charge on any atom is 0.389 e. The molecular weight excluding hydrogens is 207 g/mol. The van der Waals surface area contributed by atoms with Crippen molar-refractivity contribution in [3.8, 4) is 0 Å². The van der Waals surface area contributed by atoms with Crippen LogP contribution in [0.1, 0.15) is 24.8 Å². The molecular formula is C10H14F3NO. The fraction of sp³-hybridized carbons (Fsp3) is 0.600. The van der Waals surface area contributed by atoms with Crippen molar-refractivity contribution in [3.63, 3.8) is 0 Å². The highest BCUT2D eigenvalue weighted by Crippen LogP contribution is 2.21. The SMILES string of the molecule is FC(F)(F)CCCCNCc1ccoc1.